The summed E-state index contributed by atoms with van der Waals surface area (Å²) in [5.41, 5.74) is 0. The third-order valence-electron chi connectivity index (χ3n) is 3.15. The molecule has 0 aromatic heterocycles. The van der Waals surface area contributed by atoms with Crippen LogP contribution in [0, 0.1) is 5.92 Å². The fraction of sp³-hybridized carbons (Fsp3) is 0.917. The predicted octanol–water partition coefficient (Wildman–Crippen LogP) is 1.27. The van der Waals surface area contributed by atoms with E-state index in [2.05, 4.69) is 4.90 Å². The zero-order valence-electron chi connectivity index (χ0n) is 10.1. The number of halogens is 1. The lowest BCUT2D eigenvalue weighted by atomic mass is 10.2. The first-order valence-corrected chi connectivity index (χ1v) is 6.89. The van der Waals surface area contributed by atoms with Crippen LogP contribution >= 0.6 is 11.6 Å². The van der Waals surface area contributed by atoms with Gasteiger partial charge in [0.1, 0.15) is 12.7 Å². The number of hydrogen-bond acceptors (Lipinski definition) is 4. The highest BCUT2D eigenvalue weighted by atomic mass is 35.5. The van der Waals surface area contributed by atoms with Crippen LogP contribution in [0.5, 0.6) is 0 Å². The molecule has 1 saturated heterocycles. The quantitative estimate of drug-likeness (QED) is 0.533. The van der Waals surface area contributed by atoms with Gasteiger partial charge in [0, 0.05) is 19.0 Å². The molecule has 0 bridgehead atoms. The van der Waals surface area contributed by atoms with Crippen LogP contribution in [0.2, 0.25) is 0 Å². The minimum absolute atomic E-state index is 0.0294. The monoisotopic (exact) mass is 261 g/mol. The molecule has 98 valence electrons. The molecule has 0 N–H and O–H groups in total. The van der Waals surface area contributed by atoms with E-state index in [-0.39, 0.29) is 18.0 Å². The smallest absolute Gasteiger partial charge is 0.309 e. The van der Waals surface area contributed by atoms with Gasteiger partial charge in [-0.25, -0.2) is 0 Å². The fourth-order valence-electron chi connectivity index (χ4n) is 1.98. The molecule has 0 spiro atoms. The van der Waals surface area contributed by atoms with Crippen molar-refractivity contribution >= 4 is 17.6 Å². The van der Waals surface area contributed by atoms with Crippen LogP contribution in [-0.2, 0) is 14.3 Å². The molecule has 0 amide bonds. The molecule has 5 heteroatoms. The minimum atomic E-state index is -0.0496. The van der Waals surface area contributed by atoms with Crippen LogP contribution in [0.1, 0.15) is 19.3 Å². The van der Waals surface area contributed by atoms with Crippen LogP contribution < -0.4 is 0 Å². The van der Waals surface area contributed by atoms with Gasteiger partial charge in [-0.2, -0.15) is 0 Å². The Morgan fingerprint density at radius 2 is 2.29 bits per heavy atom. The third kappa shape index (κ3) is 4.45. The second-order valence-corrected chi connectivity index (χ2v) is 5.12. The van der Waals surface area contributed by atoms with Crippen molar-refractivity contribution in [3.8, 4) is 0 Å². The lowest BCUT2D eigenvalue weighted by Gasteiger charge is -2.32. The molecule has 0 aromatic carbocycles. The first-order chi connectivity index (χ1) is 8.29. The lowest BCUT2D eigenvalue weighted by molar-refractivity contribution is -0.152. The number of carbonyl (C=O) groups is 1. The van der Waals surface area contributed by atoms with Crippen LogP contribution in [0.3, 0.4) is 0 Å². The second kappa shape index (κ2) is 6.57. The maximum absolute atomic E-state index is 11.4. The third-order valence-corrected chi connectivity index (χ3v) is 3.42. The maximum Gasteiger partial charge on any atom is 0.309 e. The van der Waals surface area contributed by atoms with Gasteiger partial charge in [-0.15, -0.1) is 11.6 Å². The van der Waals surface area contributed by atoms with Gasteiger partial charge in [0.25, 0.3) is 0 Å². The van der Waals surface area contributed by atoms with Crippen LogP contribution in [0.15, 0.2) is 0 Å². The van der Waals surface area contributed by atoms with E-state index in [1.807, 2.05) is 0 Å². The Morgan fingerprint density at radius 3 is 3.00 bits per heavy atom. The highest BCUT2D eigenvalue weighted by molar-refractivity contribution is 6.17. The molecule has 0 unspecified atom stereocenters. The Morgan fingerprint density at radius 1 is 1.47 bits per heavy atom. The fourth-order valence-corrected chi connectivity index (χ4v) is 2.10. The van der Waals surface area contributed by atoms with Crippen molar-refractivity contribution < 1.29 is 14.3 Å². The molecule has 2 aliphatic rings. The first-order valence-electron chi connectivity index (χ1n) is 6.36. The number of carbonyl (C=O) groups excluding carboxylic acids is 1. The zero-order chi connectivity index (χ0) is 12.1. The first kappa shape index (κ1) is 13.1. The van der Waals surface area contributed by atoms with Gasteiger partial charge in [0.15, 0.2) is 0 Å². The van der Waals surface area contributed by atoms with Gasteiger partial charge in [-0.1, -0.05) is 0 Å². The minimum Gasteiger partial charge on any atom is -0.463 e. The SMILES string of the molecule is O=C(OC[C@@H]1CN(CCCCl)CCO1)C1CC1. The molecule has 2 rings (SSSR count). The van der Waals surface area contributed by atoms with Crippen molar-refractivity contribution in [1.82, 2.24) is 4.90 Å². The van der Waals surface area contributed by atoms with E-state index in [0.29, 0.717) is 19.1 Å². The number of hydrogen-bond donors (Lipinski definition) is 0. The normalized spacial score (nSPS) is 25.8. The standard InChI is InChI=1S/C12H20ClNO3/c13-4-1-5-14-6-7-16-11(8-14)9-17-12(15)10-2-3-10/h10-11H,1-9H2/t11-/m0/s1. The largest absolute Gasteiger partial charge is 0.463 e. The number of alkyl halides is 1. The van der Waals surface area contributed by atoms with Gasteiger partial charge < -0.3 is 9.47 Å². The molecule has 4 nitrogen and oxygen atoms in total. The predicted molar refractivity (Wildman–Crippen MR) is 65.2 cm³/mol. The summed E-state index contributed by atoms with van der Waals surface area (Å²) in [4.78, 5) is 13.7. The summed E-state index contributed by atoms with van der Waals surface area (Å²) in [5, 5.41) is 0. The van der Waals surface area contributed by atoms with Crippen LogP contribution in [0.4, 0.5) is 0 Å². The molecule has 0 radical (unpaired) electrons. The van der Waals surface area contributed by atoms with E-state index in [9.17, 15) is 4.79 Å². The average molecular weight is 262 g/mol. The van der Waals surface area contributed by atoms with E-state index in [1.54, 1.807) is 0 Å². The van der Waals surface area contributed by atoms with E-state index in [0.717, 1.165) is 38.9 Å². The van der Waals surface area contributed by atoms with E-state index in [4.69, 9.17) is 21.1 Å². The number of ether oxygens (including phenoxy) is 2. The number of nitrogens with zero attached hydrogens (tertiary/aromatic N) is 1. The molecule has 1 aliphatic heterocycles. The molecule has 0 aromatic rings. The molecule has 1 aliphatic carbocycles. The summed E-state index contributed by atoms with van der Waals surface area (Å²) < 4.78 is 10.8. The topological polar surface area (TPSA) is 38.8 Å². The second-order valence-electron chi connectivity index (χ2n) is 4.74. The van der Waals surface area contributed by atoms with Gasteiger partial charge in [-0.05, 0) is 25.8 Å². The Kier molecular flexibility index (Phi) is 5.07. The highest BCUT2D eigenvalue weighted by Crippen LogP contribution is 2.30. The highest BCUT2D eigenvalue weighted by Gasteiger charge is 2.32. The van der Waals surface area contributed by atoms with E-state index in [1.165, 1.54) is 0 Å². The molecule has 1 atom stereocenters. The number of morpholine rings is 1. The Bertz CT molecular complexity index is 258. The molecule has 1 saturated carbocycles. The van der Waals surface area contributed by atoms with Crippen LogP contribution in [0.25, 0.3) is 0 Å². The van der Waals surface area contributed by atoms with Crippen molar-refractivity contribution in [3.63, 3.8) is 0 Å². The lowest BCUT2D eigenvalue weighted by Crippen LogP contribution is -2.45. The van der Waals surface area contributed by atoms with Crippen molar-refractivity contribution in [2.45, 2.75) is 25.4 Å². The molecular formula is C12H20ClNO3. The Hall–Kier alpha value is -0.320. The van der Waals surface area contributed by atoms with Gasteiger partial charge in [-0.3, -0.25) is 9.69 Å². The van der Waals surface area contributed by atoms with Crippen molar-refractivity contribution in [2.24, 2.45) is 5.92 Å². The van der Waals surface area contributed by atoms with Crippen molar-refractivity contribution in [1.29, 1.82) is 0 Å². The summed E-state index contributed by atoms with van der Waals surface area (Å²) in [7, 11) is 0. The van der Waals surface area contributed by atoms with Gasteiger partial charge in [0.2, 0.25) is 0 Å². The summed E-state index contributed by atoms with van der Waals surface area (Å²) in [6, 6.07) is 0. The molecular weight excluding hydrogens is 242 g/mol. The van der Waals surface area contributed by atoms with Crippen molar-refractivity contribution in [3.05, 3.63) is 0 Å². The summed E-state index contributed by atoms with van der Waals surface area (Å²) >= 11 is 5.67. The summed E-state index contributed by atoms with van der Waals surface area (Å²) in [5.74, 6) is 0.816. The average Bonchev–Trinajstić information content (AvgIpc) is 3.18. The van der Waals surface area contributed by atoms with Crippen molar-refractivity contribution in [2.75, 3.05) is 38.7 Å². The van der Waals surface area contributed by atoms with Gasteiger partial charge in [0.05, 0.1) is 12.5 Å². The molecule has 17 heavy (non-hydrogen) atoms. The maximum atomic E-state index is 11.4. The molecule has 2 fully saturated rings. The van der Waals surface area contributed by atoms with Crippen LogP contribution in [-0.4, -0.2) is 55.7 Å². The number of esters is 1. The Labute approximate surface area is 107 Å². The molecule has 1 heterocycles. The number of rotatable bonds is 6. The van der Waals surface area contributed by atoms with Gasteiger partial charge >= 0.3 is 5.97 Å². The summed E-state index contributed by atoms with van der Waals surface area (Å²) in [6.07, 6.45) is 3.01. The van der Waals surface area contributed by atoms with E-state index >= 15 is 0 Å². The Balaban J connectivity index is 1.64. The van der Waals surface area contributed by atoms with E-state index < -0.39 is 0 Å². The summed E-state index contributed by atoms with van der Waals surface area (Å²) in [6.45, 7) is 3.90. The zero-order valence-corrected chi connectivity index (χ0v) is 10.8.